The number of amides is 2. The van der Waals surface area contributed by atoms with Gasteiger partial charge in [0.15, 0.2) is 0 Å². The Hall–Kier alpha value is -1.08. The molecule has 0 aromatic carbocycles. The molecule has 0 rings (SSSR count). The van der Waals surface area contributed by atoms with E-state index in [9.17, 15) is 14.4 Å². The minimum Gasteiger partial charge on any atom is -0.353 e. The molecule has 0 saturated carbocycles. The average molecular weight is 416 g/mol. The van der Waals surface area contributed by atoms with Crippen LogP contribution < -0.4 is 10.6 Å². The van der Waals surface area contributed by atoms with Gasteiger partial charge in [0.1, 0.15) is 11.8 Å². The average Bonchev–Trinajstić information content (AvgIpc) is 2.60. The van der Waals surface area contributed by atoms with Crippen LogP contribution in [0.3, 0.4) is 0 Å². The Bertz CT molecular complexity index is 490. The molecule has 7 heteroatoms. The van der Waals surface area contributed by atoms with Crippen molar-refractivity contribution in [3.63, 3.8) is 0 Å². The molecule has 28 heavy (non-hydrogen) atoms. The highest BCUT2D eigenvalue weighted by molar-refractivity contribution is 8.00. The zero-order valence-electron chi connectivity index (χ0n) is 18.9. The molecule has 0 heterocycles. The van der Waals surface area contributed by atoms with Crippen LogP contribution >= 0.6 is 11.8 Å². The Balaban J connectivity index is 4.60. The van der Waals surface area contributed by atoms with Crippen LogP contribution in [0.25, 0.3) is 0 Å². The van der Waals surface area contributed by atoms with Gasteiger partial charge in [-0.25, -0.2) is 0 Å². The summed E-state index contributed by atoms with van der Waals surface area (Å²) < 4.78 is 0.271. The number of Topliss-reactive ketones (excluding diaryl/α,β-unsaturated/α-hetero) is 1. The normalized spacial score (nSPS) is 12.7. The van der Waals surface area contributed by atoms with Crippen molar-refractivity contribution in [1.29, 1.82) is 0 Å². The van der Waals surface area contributed by atoms with Crippen LogP contribution in [0, 0.1) is 5.92 Å². The molecule has 0 aliphatic rings. The molecular weight excluding hydrogens is 374 g/mol. The number of unbranched alkanes of at least 4 members (excludes halogenated alkanes) is 2. The fourth-order valence-electron chi connectivity index (χ4n) is 2.54. The summed E-state index contributed by atoms with van der Waals surface area (Å²) in [5.41, 5.74) is 0. The third-order valence-electron chi connectivity index (χ3n) is 4.45. The monoisotopic (exact) mass is 415 g/mol. The molecule has 0 spiro atoms. The Morgan fingerprint density at radius 2 is 1.68 bits per heavy atom. The Morgan fingerprint density at radius 3 is 2.21 bits per heavy atom. The first-order valence-electron chi connectivity index (χ1n) is 10.3. The first-order valence-corrected chi connectivity index (χ1v) is 11.3. The fourth-order valence-corrected chi connectivity index (χ4v) is 3.50. The van der Waals surface area contributed by atoms with Gasteiger partial charge < -0.3 is 15.5 Å². The predicted octanol–water partition coefficient (Wildman–Crippen LogP) is 2.86. The van der Waals surface area contributed by atoms with Crippen LogP contribution in [0.1, 0.15) is 66.7 Å². The maximum Gasteiger partial charge on any atom is 0.243 e. The van der Waals surface area contributed by atoms with E-state index in [4.69, 9.17) is 0 Å². The summed E-state index contributed by atoms with van der Waals surface area (Å²) in [6, 6.07) is -0.740. The molecule has 0 aliphatic heterocycles. The first-order chi connectivity index (χ1) is 13.0. The van der Waals surface area contributed by atoms with Crippen LogP contribution in [-0.4, -0.2) is 66.2 Å². The molecule has 2 amide bonds. The van der Waals surface area contributed by atoms with E-state index >= 15 is 0 Å². The maximum atomic E-state index is 12.6. The second-order valence-electron chi connectivity index (χ2n) is 8.51. The second-order valence-corrected chi connectivity index (χ2v) is 10.4. The maximum absolute atomic E-state index is 12.6. The van der Waals surface area contributed by atoms with Crippen molar-refractivity contribution in [2.24, 2.45) is 5.92 Å². The van der Waals surface area contributed by atoms with Gasteiger partial charge in [-0.1, -0.05) is 41.0 Å². The summed E-state index contributed by atoms with van der Waals surface area (Å²) in [7, 11) is 3.44. The van der Waals surface area contributed by atoms with E-state index in [1.165, 1.54) is 4.90 Å². The third-order valence-corrected chi connectivity index (χ3v) is 5.81. The van der Waals surface area contributed by atoms with Gasteiger partial charge >= 0.3 is 0 Å². The van der Waals surface area contributed by atoms with E-state index in [1.54, 1.807) is 7.05 Å². The number of hydrogen-bond acceptors (Lipinski definition) is 5. The van der Waals surface area contributed by atoms with E-state index < -0.39 is 6.04 Å². The predicted molar refractivity (Wildman–Crippen MR) is 119 cm³/mol. The van der Waals surface area contributed by atoms with Gasteiger partial charge in [-0.15, -0.1) is 0 Å². The van der Waals surface area contributed by atoms with Crippen molar-refractivity contribution >= 4 is 29.4 Å². The zero-order chi connectivity index (χ0) is 21.7. The van der Waals surface area contributed by atoms with Crippen LogP contribution in [-0.2, 0) is 14.4 Å². The summed E-state index contributed by atoms with van der Waals surface area (Å²) in [6.45, 7) is 11.4. The van der Waals surface area contributed by atoms with E-state index in [2.05, 4.69) is 31.4 Å². The standard InChI is InChI=1S/C21H41N3O3S/c1-16(2)18(25)15-17(20(27)23-13-12-22-6)24(7)19(26)11-9-8-10-14-28-21(3,4)5/h16-17,22H,8-15H2,1-7H3,(H,23,27). The molecule has 0 aromatic heterocycles. The molecule has 6 nitrogen and oxygen atoms in total. The number of nitrogens with one attached hydrogen (secondary N) is 2. The Morgan fingerprint density at radius 1 is 1.04 bits per heavy atom. The lowest BCUT2D eigenvalue weighted by Gasteiger charge is -2.27. The van der Waals surface area contributed by atoms with Crippen molar-refractivity contribution in [2.75, 3.05) is 32.9 Å². The van der Waals surface area contributed by atoms with Gasteiger partial charge in [0.25, 0.3) is 0 Å². The van der Waals surface area contributed by atoms with Crippen molar-refractivity contribution in [1.82, 2.24) is 15.5 Å². The quantitative estimate of drug-likeness (QED) is 0.427. The molecule has 2 N–H and O–H groups in total. The number of carbonyl (C=O) groups is 3. The highest BCUT2D eigenvalue weighted by Gasteiger charge is 2.29. The lowest BCUT2D eigenvalue weighted by molar-refractivity contribution is -0.141. The topological polar surface area (TPSA) is 78.5 Å². The lowest BCUT2D eigenvalue weighted by atomic mass is 9.99. The molecule has 1 atom stereocenters. The molecule has 0 radical (unpaired) electrons. The van der Waals surface area contributed by atoms with Gasteiger partial charge in [0.2, 0.25) is 11.8 Å². The van der Waals surface area contributed by atoms with Crippen molar-refractivity contribution in [3.05, 3.63) is 0 Å². The molecule has 0 fully saturated rings. The first kappa shape index (κ1) is 26.9. The third kappa shape index (κ3) is 12.4. The molecular formula is C21H41N3O3S. The highest BCUT2D eigenvalue weighted by Crippen LogP contribution is 2.24. The largest absolute Gasteiger partial charge is 0.353 e. The number of nitrogens with zero attached hydrogens (tertiary/aromatic N) is 1. The smallest absolute Gasteiger partial charge is 0.243 e. The van der Waals surface area contributed by atoms with Crippen LogP contribution in [0.4, 0.5) is 0 Å². The molecule has 0 aliphatic carbocycles. The summed E-state index contributed by atoms with van der Waals surface area (Å²) in [5.74, 6) is 0.590. The van der Waals surface area contributed by atoms with Gasteiger partial charge in [-0.3, -0.25) is 14.4 Å². The highest BCUT2D eigenvalue weighted by atomic mass is 32.2. The van der Waals surface area contributed by atoms with Gasteiger partial charge in [-0.2, -0.15) is 11.8 Å². The zero-order valence-corrected chi connectivity index (χ0v) is 19.7. The summed E-state index contributed by atoms with van der Waals surface area (Å²) >= 11 is 1.94. The summed E-state index contributed by atoms with van der Waals surface area (Å²) in [4.78, 5) is 38.8. The number of rotatable bonds is 14. The molecule has 0 aromatic rings. The molecule has 0 bridgehead atoms. The molecule has 164 valence electrons. The van der Waals surface area contributed by atoms with Gasteiger partial charge in [-0.05, 0) is 25.6 Å². The summed E-state index contributed by atoms with van der Waals surface area (Å²) in [6.07, 6.45) is 3.35. The summed E-state index contributed by atoms with van der Waals surface area (Å²) in [5, 5.41) is 5.77. The van der Waals surface area contributed by atoms with E-state index in [0.29, 0.717) is 19.5 Å². The van der Waals surface area contributed by atoms with Crippen LogP contribution in [0.2, 0.25) is 0 Å². The van der Waals surface area contributed by atoms with Crippen molar-refractivity contribution in [2.45, 2.75) is 77.5 Å². The number of hydrogen-bond donors (Lipinski definition) is 2. The Labute approximate surface area is 176 Å². The minimum absolute atomic E-state index is 0.00683. The van der Waals surface area contributed by atoms with Gasteiger partial charge in [0.05, 0.1) is 0 Å². The van der Waals surface area contributed by atoms with Gasteiger partial charge in [0, 0.05) is 43.6 Å². The minimum atomic E-state index is -0.740. The molecule has 1 unspecified atom stereocenters. The Kier molecular flexibility index (Phi) is 13.5. The van der Waals surface area contributed by atoms with Crippen molar-refractivity contribution < 1.29 is 14.4 Å². The van der Waals surface area contributed by atoms with Crippen LogP contribution in [0.15, 0.2) is 0 Å². The number of thioether (sulfide) groups is 1. The second kappa shape index (κ2) is 14.0. The van der Waals surface area contributed by atoms with E-state index in [0.717, 1.165) is 25.0 Å². The van der Waals surface area contributed by atoms with Crippen molar-refractivity contribution in [3.8, 4) is 0 Å². The lowest BCUT2D eigenvalue weighted by Crippen LogP contribution is -2.50. The van der Waals surface area contributed by atoms with Crippen LogP contribution in [0.5, 0.6) is 0 Å². The van der Waals surface area contributed by atoms with E-state index in [1.807, 2.05) is 32.7 Å². The number of ketones is 1. The number of likely N-dealkylation sites (N-methyl/N-ethyl adjacent to an activating group) is 2. The fraction of sp³-hybridized carbons (Fsp3) is 0.857. The SMILES string of the molecule is CNCCNC(=O)C(CC(=O)C(C)C)N(C)C(=O)CCCCCSC(C)(C)C. The molecule has 0 saturated heterocycles. The number of carbonyl (C=O) groups excluding carboxylic acids is 3. The van der Waals surface area contributed by atoms with E-state index in [-0.39, 0.29) is 34.7 Å².